The molecule has 0 aliphatic carbocycles. The van der Waals surface area contributed by atoms with Gasteiger partial charge in [0.05, 0.1) is 7.11 Å². The molecule has 1 rings (SSSR count). The van der Waals surface area contributed by atoms with E-state index >= 15 is 0 Å². The summed E-state index contributed by atoms with van der Waals surface area (Å²) in [6, 6.07) is 7.17. The molecule has 0 heterocycles. The molecule has 0 radical (unpaired) electrons. The lowest BCUT2D eigenvalue weighted by Crippen LogP contribution is -2.07. The van der Waals surface area contributed by atoms with E-state index in [9.17, 15) is 4.79 Å². The van der Waals surface area contributed by atoms with Crippen LogP contribution in [0.5, 0.6) is 5.75 Å². The van der Waals surface area contributed by atoms with Gasteiger partial charge in [0.25, 0.3) is 0 Å². The molecule has 15 heavy (non-hydrogen) atoms. The van der Waals surface area contributed by atoms with Gasteiger partial charge in [-0.3, -0.25) is 4.79 Å². The lowest BCUT2D eigenvalue weighted by molar-refractivity contribution is -0.111. The largest absolute Gasteiger partial charge is 0.497 e. The van der Waals surface area contributed by atoms with Crippen molar-refractivity contribution in [1.29, 1.82) is 0 Å². The molecule has 0 saturated carbocycles. The van der Waals surface area contributed by atoms with E-state index in [1.165, 1.54) is 6.08 Å². The van der Waals surface area contributed by atoms with Crippen LogP contribution in [-0.2, 0) is 4.79 Å². The Morgan fingerprint density at radius 2 is 2.33 bits per heavy atom. The molecule has 0 fully saturated rings. The minimum atomic E-state index is -0.192. The number of carbonyl (C=O) groups excluding carboxylic acids is 1. The van der Waals surface area contributed by atoms with Crippen molar-refractivity contribution in [2.75, 3.05) is 12.4 Å². The van der Waals surface area contributed by atoms with Crippen LogP contribution in [0.4, 0.5) is 5.69 Å². The van der Waals surface area contributed by atoms with Gasteiger partial charge >= 0.3 is 0 Å². The van der Waals surface area contributed by atoms with E-state index < -0.39 is 0 Å². The van der Waals surface area contributed by atoms with E-state index in [0.29, 0.717) is 11.4 Å². The van der Waals surface area contributed by atoms with Crippen molar-refractivity contribution in [2.24, 2.45) is 0 Å². The van der Waals surface area contributed by atoms with Crippen LogP contribution in [0.3, 0.4) is 0 Å². The fraction of sp³-hybridized carbons (Fsp3) is 0.0833. The summed E-state index contributed by atoms with van der Waals surface area (Å²) in [5.41, 5.74) is 0.702. The number of allylic oxidation sites excluding steroid dienone is 2. The van der Waals surface area contributed by atoms with E-state index in [1.807, 2.05) is 12.1 Å². The smallest absolute Gasteiger partial charge is 0.248 e. The number of hydrogen-bond donors (Lipinski definition) is 1. The number of methoxy groups -OCH3 is 1. The van der Waals surface area contributed by atoms with Crippen LogP contribution >= 0.6 is 0 Å². The second kappa shape index (κ2) is 5.65. The van der Waals surface area contributed by atoms with Crippen LogP contribution in [0.25, 0.3) is 0 Å². The van der Waals surface area contributed by atoms with Crippen LogP contribution in [-0.4, -0.2) is 13.0 Å². The minimum Gasteiger partial charge on any atom is -0.497 e. The highest BCUT2D eigenvalue weighted by Crippen LogP contribution is 2.16. The second-order valence-electron chi connectivity index (χ2n) is 2.82. The Bertz CT molecular complexity index is 383. The summed E-state index contributed by atoms with van der Waals surface area (Å²) in [6.07, 6.45) is 4.53. The van der Waals surface area contributed by atoms with Gasteiger partial charge in [0.1, 0.15) is 5.75 Å². The van der Waals surface area contributed by atoms with Gasteiger partial charge < -0.3 is 10.1 Å². The van der Waals surface area contributed by atoms with Crippen molar-refractivity contribution in [3.8, 4) is 5.75 Å². The van der Waals surface area contributed by atoms with Crippen molar-refractivity contribution >= 4 is 11.6 Å². The van der Waals surface area contributed by atoms with Crippen LogP contribution in [0.1, 0.15) is 0 Å². The number of benzene rings is 1. The number of hydrogen-bond acceptors (Lipinski definition) is 2. The molecule has 1 aromatic carbocycles. The molecule has 0 bridgehead atoms. The van der Waals surface area contributed by atoms with Gasteiger partial charge in [0.15, 0.2) is 0 Å². The summed E-state index contributed by atoms with van der Waals surface area (Å²) in [5, 5.41) is 2.70. The zero-order chi connectivity index (χ0) is 11.1. The molecular formula is C12H13NO2. The number of carbonyl (C=O) groups is 1. The average Bonchev–Trinajstić information content (AvgIpc) is 2.26. The van der Waals surface area contributed by atoms with E-state index in [2.05, 4.69) is 11.9 Å². The van der Waals surface area contributed by atoms with E-state index in [0.717, 1.165) is 0 Å². The maximum atomic E-state index is 11.3. The fourth-order valence-electron chi connectivity index (χ4n) is 1.04. The first-order chi connectivity index (χ1) is 7.26. The first kappa shape index (κ1) is 11.0. The zero-order valence-corrected chi connectivity index (χ0v) is 8.57. The molecule has 0 aromatic heterocycles. The van der Waals surface area contributed by atoms with Gasteiger partial charge in [-0.25, -0.2) is 0 Å². The highest BCUT2D eigenvalue weighted by Gasteiger charge is 1.98. The van der Waals surface area contributed by atoms with E-state index in [4.69, 9.17) is 4.74 Å². The predicted molar refractivity (Wildman–Crippen MR) is 61.0 cm³/mol. The van der Waals surface area contributed by atoms with Crippen molar-refractivity contribution in [2.45, 2.75) is 0 Å². The highest BCUT2D eigenvalue weighted by molar-refractivity contribution is 5.99. The first-order valence-corrected chi connectivity index (χ1v) is 4.50. The fourth-order valence-corrected chi connectivity index (χ4v) is 1.04. The Morgan fingerprint density at radius 1 is 1.53 bits per heavy atom. The molecule has 1 amide bonds. The van der Waals surface area contributed by atoms with Crippen LogP contribution in [0, 0.1) is 0 Å². The average molecular weight is 203 g/mol. The molecule has 1 N–H and O–H groups in total. The van der Waals surface area contributed by atoms with E-state index in [1.54, 1.807) is 31.4 Å². The Kier molecular flexibility index (Phi) is 4.16. The second-order valence-corrected chi connectivity index (χ2v) is 2.82. The third kappa shape index (κ3) is 3.68. The van der Waals surface area contributed by atoms with Crippen molar-refractivity contribution in [1.82, 2.24) is 0 Å². The molecule has 78 valence electrons. The minimum absolute atomic E-state index is 0.192. The van der Waals surface area contributed by atoms with Gasteiger partial charge in [-0.15, -0.1) is 0 Å². The molecule has 0 saturated heterocycles. The molecule has 0 aliphatic heterocycles. The number of amides is 1. The summed E-state index contributed by atoms with van der Waals surface area (Å²) >= 11 is 0. The molecular weight excluding hydrogens is 190 g/mol. The SMILES string of the molecule is C=C/C=C/C(=O)Nc1cccc(OC)c1. The normalized spacial score (nSPS) is 9.93. The molecule has 0 aliphatic rings. The van der Waals surface area contributed by atoms with Crippen LogP contribution in [0.15, 0.2) is 49.1 Å². The molecule has 0 spiro atoms. The number of anilines is 1. The Balaban J connectivity index is 2.67. The molecule has 0 unspecified atom stereocenters. The molecule has 0 atom stereocenters. The lowest BCUT2D eigenvalue weighted by Gasteiger charge is -2.04. The third-order valence-corrected chi connectivity index (χ3v) is 1.72. The van der Waals surface area contributed by atoms with Crippen LogP contribution < -0.4 is 10.1 Å². The quantitative estimate of drug-likeness (QED) is 0.602. The third-order valence-electron chi connectivity index (χ3n) is 1.72. The van der Waals surface area contributed by atoms with E-state index in [-0.39, 0.29) is 5.91 Å². The number of rotatable bonds is 4. The summed E-state index contributed by atoms with van der Waals surface area (Å²) < 4.78 is 5.03. The topological polar surface area (TPSA) is 38.3 Å². The summed E-state index contributed by atoms with van der Waals surface area (Å²) in [7, 11) is 1.58. The summed E-state index contributed by atoms with van der Waals surface area (Å²) in [5.74, 6) is 0.517. The Labute approximate surface area is 89.1 Å². The maximum absolute atomic E-state index is 11.3. The first-order valence-electron chi connectivity index (χ1n) is 4.50. The van der Waals surface area contributed by atoms with Crippen LogP contribution in [0.2, 0.25) is 0 Å². The Hall–Kier alpha value is -2.03. The van der Waals surface area contributed by atoms with Gasteiger partial charge in [0, 0.05) is 17.8 Å². The Morgan fingerprint density at radius 3 is 3.00 bits per heavy atom. The number of ether oxygens (including phenoxy) is 1. The van der Waals surface area contributed by atoms with Crippen molar-refractivity contribution in [3.63, 3.8) is 0 Å². The summed E-state index contributed by atoms with van der Waals surface area (Å²) in [4.78, 5) is 11.3. The summed E-state index contributed by atoms with van der Waals surface area (Å²) in [6.45, 7) is 3.48. The predicted octanol–water partition coefficient (Wildman–Crippen LogP) is 2.38. The number of nitrogens with one attached hydrogen (secondary N) is 1. The molecule has 3 heteroatoms. The zero-order valence-electron chi connectivity index (χ0n) is 8.57. The van der Waals surface area contributed by atoms with Gasteiger partial charge in [-0.2, -0.15) is 0 Å². The molecule has 1 aromatic rings. The lowest BCUT2D eigenvalue weighted by atomic mass is 10.3. The molecule has 3 nitrogen and oxygen atoms in total. The van der Waals surface area contributed by atoms with Gasteiger partial charge in [0.2, 0.25) is 5.91 Å². The van der Waals surface area contributed by atoms with Crippen molar-refractivity contribution < 1.29 is 9.53 Å². The highest BCUT2D eigenvalue weighted by atomic mass is 16.5. The van der Waals surface area contributed by atoms with Crippen molar-refractivity contribution in [3.05, 3.63) is 49.1 Å². The standard InChI is InChI=1S/C12H13NO2/c1-3-4-8-12(14)13-10-6-5-7-11(9-10)15-2/h3-9H,1H2,2H3,(H,13,14)/b8-4+. The maximum Gasteiger partial charge on any atom is 0.248 e. The van der Waals surface area contributed by atoms with Gasteiger partial charge in [-0.05, 0) is 12.1 Å². The monoisotopic (exact) mass is 203 g/mol. The van der Waals surface area contributed by atoms with Gasteiger partial charge in [-0.1, -0.05) is 24.8 Å².